The molecule has 2 atom stereocenters. The summed E-state index contributed by atoms with van der Waals surface area (Å²) in [7, 11) is 0. The largest absolute Gasteiger partial charge is 0.374 e. The lowest BCUT2D eigenvalue weighted by molar-refractivity contribution is -0.129. The molecule has 1 aromatic heterocycles. The van der Waals surface area contributed by atoms with Crippen LogP contribution in [0.25, 0.3) is 10.9 Å². The van der Waals surface area contributed by atoms with Crippen LogP contribution in [-0.2, 0) is 9.53 Å². The molecule has 6 heteroatoms. The molecular weight excluding hydrogens is 330 g/mol. The van der Waals surface area contributed by atoms with Gasteiger partial charge in [0, 0.05) is 56.2 Å². The van der Waals surface area contributed by atoms with Crippen LogP contribution >= 0.6 is 0 Å². The number of nitrogens with zero attached hydrogens (tertiary/aromatic N) is 3. The van der Waals surface area contributed by atoms with Crippen molar-refractivity contribution in [3.05, 3.63) is 42.1 Å². The Kier molecular flexibility index (Phi) is 4.59. The van der Waals surface area contributed by atoms with Gasteiger partial charge in [0.15, 0.2) is 0 Å². The molecule has 136 valence electrons. The van der Waals surface area contributed by atoms with Crippen molar-refractivity contribution in [2.45, 2.75) is 19.4 Å². The van der Waals surface area contributed by atoms with Crippen LogP contribution in [-0.4, -0.2) is 65.5 Å². The normalized spacial score (nSPS) is 23.4. The average Bonchev–Trinajstić information content (AvgIpc) is 2.89. The third-order valence-electron chi connectivity index (χ3n) is 5.43. The van der Waals surface area contributed by atoms with Crippen LogP contribution in [0.2, 0.25) is 0 Å². The topological polar surface area (TPSA) is 62.7 Å². The molecule has 0 radical (unpaired) electrons. The zero-order chi connectivity index (χ0) is 18.1. The summed E-state index contributed by atoms with van der Waals surface area (Å²) < 4.78 is 5.98. The Bertz CT molecular complexity index is 838. The first-order valence-electron chi connectivity index (χ1n) is 9.13. The number of amides is 2. The highest BCUT2D eigenvalue weighted by Gasteiger charge is 2.35. The molecule has 3 heterocycles. The second kappa shape index (κ2) is 7.03. The van der Waals surface area contributed by atoms with E-state index in [1.54, 1.807) is 13.1 Å². The highest BCUT2D eigenvalue weighted by atomic mass is 16.5. The predicted octanol–water partition coefficient (Wildman–Crippen LogP) is 1.94. The van der Waals surface area contributed by atoms with Crippen LogP contribution in [0.15, 0.2) is 36.5 Å². The standard InChI is InChI=1S/C20H23N3O3/c1-14(24)22-9-10-26-19-13-23(8-6-17(19)12-22)20(25)16-4-5-18-15(11-16)3-2-7-21-18/h2-5,7,11,17,19H,6,8-10,12-13H2,1H3/t17-,19-/m1/s1. The number of likely N-dealkylation sites (tertiary alicyclic amines) is 1. The summed E-state index contributed by atoms with van der Waals surface area (Å²) in [6.45, 7) is 4.77. The van der Waals surface area contributed by atoms with Crippen molar-refractivity contribution in [1.29, 1.82) is 0 Å². The quantitative estimate of drug-likeness (QED) is 0.786. The molecule has 2 saturated heterocycles. The van der Waals surface area contributed by atoms with E-state index >= 15 is 0 Å². The molecule has 1 aromatic carbocycles. The number of pyridine rings is 1. The molecule has 0 N–H and O–H groups in total. The van der Waals surface area contributed by atoms with Gasteiger partial charge in [0.1, 0.15) is 0 Å². The maximum atomic E-state index is 13.0. The minimum Gasteiger partial charge on any atom is -0.374 e. The van der Waals surface area contributed by atoms with Crippen molar-refractivity contribution in [2.75, 3.05) is 32.8 Å². The molecule has 0 bridgehead atoms. The van der Waals surface area contributed by atoms with Crippen molar-refractivity contribution in [2.24, 2.45) is 5.92 Å². The van der Waals surface area contributed by atoms with E-state index in [2.05, 4.69) is 4.98 Å². The molecule has 2 aromatic rings. The van der Waals surface area contributed by atoms with E-state index in [4.69, 9.17) is 4.74 Å². The number of carbonyl (C=O) groups is 2. The highest BCUT2D eigenvalue weighted by molar-refractivity contribution is 5.98. The van der Waals surface area contributed by atoms with E-state index in [1.807, 2.05) is 40.1 Å². The minimum atomic E-state index is -0.000766. The fourth-order valence-electron chi connectivity index (χ4n) is 3.91. The molecule has 2 aliphatic heterocycles. The molecule has 6 nitrogen and oxygen atoms in total. The van der Waals surface area contributed by atoms with Crippen LogP contribution in [0.1, 0.15) is 23.7 Å². The summed E-state index contributed by atoms with van der Waals surface area (Å²) in [5.74, 6) is 0.425. The fourth-order valence-corrected chi connectivity index (χ4v) is 3.91. The number of hydrogen-bond acceptors (Lipinski definition) is 4. The zero-order valence-corrected chi connectivity index (χ0v) is 14.9. The van der Waals surface area contributed by atoms with Gasteiger partial charge in [-0.25, -0.2) is 0 Å². The summed E-state index contributed by atoms with van der Waals surface area (Å²) in [4.78, 5) is 32.7. The maximum absolute atomic E-state index is 13.0. The van der Waals surface area contributed by atoms with E-state index in [1.165, 1.54) is 0 Å². The van der Waals surface area contributed by atoms with Crippen LogP contribution in [0.5, 0.6) is 0 Å². The molecule has 0 unspecified atom stereocenters. The summed E-state index contributed by atoms with van der Waals surface area (Å²) in [5.41, 5.74) is 1.57. The molecule has 26 heavy (non-hydrogen) atoms. The second-order valence-corrected chi connectivity index (χ2v) is 7.09. The Morgan fingerprint density at radius 3 is 2.88 bits per heavy atom. The van der Waals surface area contributed by atoms with E-state index in [0.29, 0.717) is 37.7 Å². The first-order valence-corrected chi connectivity index (χ1v) is 9.13. The smallest absolute Gasteiger partial charge is 0.253 e. The minimum absolute atomic E-state index is 0.000766. The van der Waals surface area contributed by atoms with Crippen LogP contribution in [0.4, 0.5) is 0 Å². The second-order valence-electron chi connectivity index (χ2n) is 7.09. The third-order valence-corrected chi connectivity index (χ3v) is 5.43. The number of hydrogen-bond donors (Lipinski definition) is 0. The number of carbonyl (C=O) groups excluding carboxylic acids is 2. The molecule has 2 aliphatic rings. The number of fused-ring (bicyclic) bond motifs is 2. The summed E-state index contributed by atoms with van der Waals surface area (Å²) in [5, 5.41) is 0.969. The Balaban J connectivity index is 1.49. The molecule has 2 fully saturated rings. The first kappa shape index (κ1) is 17.0. The third kappa shape index (κ3) is 3.29. The Hall–Kier alpha value is -2.47. The SMILES string of the molecule is CC(=O)N1CCO[C@@H]2CN(C(=O)c3ccc4ncccc4c3)CC[C@@H]2C1. The van der Waals surface area contributed by atoms with Crippen LogP contribution in [0.3, 0.4) is 0 Å². The summed E-state index contributed by atoms with van der Waals surface area (Å²) in [6, 6.07) is 9.48. The van der Waals surface area contributed by atoms with Crippen molar-refractivity contribution in [3.63, 3.8) is 0 Å². The van der Waals surface area contributed by atoms with Crippen molar-refractivity contribution in [3.8, 4) is 0 Å². The number of piperidine rings is 1. The van der Waals surface area contributed by atoms with Gasteiger partial charge in [-0.3, -0.25) is 14.6 Å². The van der Waals surface area contributed by atoms with Gasteiger partial charge >= 0.3 is 0 Å². The summed E-state index contributed by atoms with van der Waals surface area (Å²) >= 11 is 0. The molecule has 2 amide bonds. The Morgan fingerprint density at radius 2 is 2.04 bits per heavy atom. The molecule has 4 rings (SSSR count). The monoisotopic (exact) mass is 353 g/mol. The van der Waals surface area contributed by atoms with Gasteiger partial charge in [-0.05, 0) is 30.7 Å². The van der Waals surface area contributed by atoms with Gasteiger partial charge in [0.2, 0.25) is 5.91 Å². The van der Waals surface area contributed by atoms with Gasteiger partial charge in [-0.15, -0.1) is 0 Å². The molecule has 0 saturated carbocycles. The van der Waals surface area contributed by atoms with E-state index < -0.39 is 0 Å². The maximum Gasteiger partial charge on any atom is 0.253 e. The lowest BCUT2D eigenvalue weighted by Gasteiger charge is -2.38. The Labute approximate surface area is 152 Å². The highest BCUT2D eigenvalue weighted by Crippen LogP contribution is 2.26. The lowest BCUT2D eigenvalue weighted by Crippen LogP contribution is -2.49. The number of ether oxygens (including phenoxy) is 1. The van der Waals surface area contributed by atoms with E-state index in [0.717, 1.165) is 23.9 Å². The lowest BCUT2D eigenvalue weighted by atomic mass is 9.92. The van der Waals surface area contributed by atoms with E-state index in [-0.39, 0.29) is 17.9 Å². The fraction of sp³-hybridized carbons (Fsp3) is 0.450. The van der Waals surface area contributed by atoms with Crippen LogP contribution < -0.4 is 0 Å². The van der Waals surface area contributed by atoms with Crippen molar-refractivity contribution >= 4 is 22.7 Å². The zero-order valence-electron chi connectivity index (χ0n) is 14.9. The van der Waals surface area contributed by atoms with Gasteiger partial charge in [-0.1, -0.05) is 6.07 Å². The molecule has 0 aliphatic carbocycles. The number of rotatable bonds is 1. The van der Waals surface area contributed by atoms with Gasteiger partial charge in [0.25, 0.3) is 5.91 Å². The Morgan fingerprint density at radius 1 is 1.15 bits per heavy atom. The summed E-state index contributed by atoms with van der Waals surface area (Å²) in [6.07, 6.45) is 2.61. The van der Waals surface area contributed by atoms with Crippen molar-refractivity contribution < 1.29 is 14.3 Å². The van der Waals surface area contributed by atoms with Crippen LogP contribution in [0, 0.1) is 5.92 Å². The van der Waals surface area contributed by atoms with E-state index in [9.17, 15) is 9.59 Å². The van der Waals surface area contributed by atoms with Crippen molar-refractivity contribution in [1.82, 2.24) is 14.8 Å². The van der Waals surface area contributed by atoms with Gasteiger partial charge in [-0.2, -0.15) is 0 Å². The number of benzene rings is 1. The molecular formula is C20H23N3O3. The first-order chi connectivity index (χ1) is 12.6. The number of aromatic nitrogens is 1. The van der Waals surface area contributed by atoms with Gasteiger partial charge in [0.05, 0.1) is 18.2 Å². The average molecular weight is 353 g/mol. The molecule has 0 spiro atoms. The van der Waals surface area contributed by atoms with Gasteiger partial charge < -0.3 is 14.5 Å². The predicted molar refractivity (Wildman–Crippen MR) is 97.7 cm³/mol.